The van der Waals surface area contributed by atoms with Crippen molar-refractivity contribution in [3.63, 3.8) is 0 Å². The van der Waals surface area contributed by atoms with E-state index in [9.17, 15) is 5.11 Å². The Morgan fingerprint density at radius 3 is 2.58 bits per heavy atom. The molecule has 0 fully saturated rings. The molecule has 0 aliphatic carbocycles. The summed E-state index contributed by atoms with van der Waals surface area (Å²) in [4.78, 5) is 0. The Bertz CT molecular complexity index is 329. The highest BCUT2D eigenvalue weighted by molar-refractivity contribution is 5.26. The zero-order valence-electron chi connectivity index (χ0n) is 11.6. The van der Waals surface area contributed by atoms with E-state index in [0.29, 0.717) is 26.4 Å². The zero-order chi connectivity index (χ0) is 13.9. The van der Waals surface area contributed by atoms with Crippen LogP contribution in [0.1, 0.15) is 5.56 Å². The first-order chi connectivity index (χ1) is 9.26. The lowest BCUT2D eigenvalue weighted by Crippen LogP contribution is -2.32. The van der Waals surface area contributed by atoms with Crippen molar-refractivity contribution in [1.82, 2.24) is 5.32 Å². The minimum absolute atomic E-state index is 0.312. The summed E-state index contributed by atoms with van der Waals surface area (Å²) in [7, 11) is 3.29. The van der Waals surface area contributed by atoms with Crippen LogP contribution < -0.4 is 10.1 Å². The third-order valence-electron chi connectivity index (χ3n) is 2.60. The second-order valence-electron chi connectivity index (χ2n) is 4.21. The molecule has 0 radical (unpaired) electrons. The summed E-state index contributed by atoms with van der Waals surface area (Å²) in [6, 6.07) is 7.67. The summed E-state index contributed by atoms with van der Waals surface area (Å²) in [5.74, 6) is 0.825. The molecule has 0 aliphatic heterocycles. The van der Waals surface area contributed by atoms with Crippen LogP contribution in [-0.4, -0.2) is 51.7 Å². The highest BCUT2D eigenvalue weighted by Crippen LogP contribution is 2.11. The van der Waals surface area contributed by atoms with Gasteiger partial charge in [-0.3, -0.25) is 0 Å². The lowest BCUT2D eigenvalue weighted by molar-refractivity contribution is 0.0282. The van der Waals surface area contributed by atoms with Crippen molar-refractivity contribution >= 4 is 0 Å². The van der Waals surface area contributed by atoms with Gasteiger partial charge in [0.25, 0.3) is 0 Å². The lowest BCUT2D eigenvalue weighted by Gasteiger charge is -2.12. The Morgan fingerprint density at radius 1 is 1.21 bits per heavy atom. The molecule has 1 rings (SSSR count). The van der Waals surface area contributed by atoms with Gasteiger partial charge >= 0.3 is 0 Å². The molecule has 1 aromatic carbocycles. The maximum Gasteiger partial charge on any atom is 0.118 e. The van der Waals surface area contributed by atoms with E-state index >= 15 is 0 Å². The van der Waals surface area contributed by atoms with Gasteiger partial charge in [0.15, 0.2) is 0 Å². The molecule has 108 valence electrons. The first-order valence-corrected chi connectivity index (χ1v) is 6.34. The molecule has 0 heterocycles. The Morgan fingerprint density at radius 2 is 1.95 bits per heavy atom. The van der Waals surface area contributed by atoms with Gasteiger partial charge in [-0.05, 0) is 17.7 Å². The van der Waals surface area contributed by atoms with Crippen molar-refractivity contribution in [2.24, 2.45) is 0 Å². The fourth-order valence-corrected chi connectivity index (χ4v) is 1.54. The Balaban J connectivity index is 2.11. The van der Waals surface area contributed by atoms with Crippen molar-refractivity contribution in [1.29, 1.82) is 0 Å². The van der Waals surface area contributed by atoms with Gasteiger partial charge in [-0.1, -0.05) is 12.1 Å². The van der Waals surface area contributed by atoms with Crippen LogP contribution in [0.4, 0.5) is 0 Å². The summed E-state index contributed by atoms with van der Waals surface area (Å²) >= 11 is 0. The van der Waals surface area contributed by atoms with Crippen LogP contribution in [0.2, 0.25) is 0 Å². The van der Waals surface area contributed by atoms with E-state index < -0.39 is 6.10 Å². The van der Waals surface area contributed by atoms with Crippen LogP contribution >= 0.6 is 0 Å². The largest absolute Gasteiger partial charge is 0.497 e. The molecule has 0 saturated carbocycles. The van der Waals surface area contributed by atoms with Crippen LogP contribution in [0.3, 0.4) is 0 Å². The van der Waals surface area contributed by atoms with E-state index in [1.165, 1.54) is 0 Å². The minimum Gasteiger partial charge on any atom is -0.497 e. The number of hydrogen-bond acceptors (Lipinski definition) is 5. The summed E-state index contributed by atoms with van der Waals surface area (Å²) in [6.45, 7) is 2.67. The van der Waals surface area contributed by atoms with E-state index in [-0.39, 0.29) is 0 Å². The number of benzene rings is 1. The summed E-state index contributed by atoms with van der Waals surface area (Å²) in [5.41, 5.74) is 1.06. The molecular formula is C14H23NO4. The van der Waals surface area contributed by atoms with Crippen molar-refractivity contribution in [2.75, 3.05) is 40.5 Å². The lowest BCUT2D eigenvalue weighted by atomic mass is 10.2. The standard InChI is InChI=1S/C14H23NO4/c1-17-8-7-15-9-13(16)11-19-10-12-3-5-14(18-2)6-4-12/h3-6,13,15-16H,7-11H2,1-2H3. The maximum absolute atomic E-state index is 9.66. The molecular weight excluding hydrogens is 246 g/mol. The van der Waals surface area contributed by atoms with Gasteiger partial charge in [-0.2, -0.15) is 0 Å². The van der Waals surface area contributed by atoms with Crippen molar-refractivity contribution in [3.05, 3.63) is 29.8 Å². The average molecular weight is 269 g/mol. The SMILES string of the molecule is COCCNCC(O)COCc1ccc(OC)cc1. The fourth-order valence-electron chi connectivity index (χ4n) is 1.54. The van der Waals surface area contributed by atoms with Gasteiger partial charge in [0.05, 0.1) is 33.0 Å². The van der Waals surface area contributed by atoms with Crippen LogP contribution in [0, 0.1) is 0 Å². The van der Waals surface area contributed by atoms with Gasteiger partial charge in [-0.25, -0.2) is 0 Å². The van der Waals surface area contributed by atoms with E-state index in [0.717, 1.165) is 17.9 Å². The topological polar surface area (TPSA) is 60.0 Å². The molecule has 0 bridgehead atoms. The van der Waals surface area contributed by atoms with Crippen molar-refractivity contribution in [3.8, 4) is 5.75 Å². The molecule has 0 aromatic heterocycles. The number of rotatable bonds is 10. The third-order valence-corrected chi connectivity index (χ3v) is 2.60. The molecule has 0 saturated heterocycles. The maximum atomic E-state index is 9.66. The van der Waals surface area contributed by atoms with Gasteiger partial charge in [-0.15, -0.1) is 0 Å². The number of aliphatic hydroxyl groups is 1. The van der Waals surface area contributed by atoms with Crippen LogP contribution in [0.15, 0.2) is 24.3 Å². The first kappa shape index (κ1) is 15.9. The van der Waals surface area contributed by atoms with Crippen molar-refractivity contribution in [2.45, 2.75) is 12.7 Å². The van der Waals surface area contributed by atoms with E-state index in [4.69, 9.17) is 14.2 Å². The molecule has 0 amide bonds. The summed E-state index contributed by atoms with van der Waals surface area (Å²) in [6.07, 6.45) is -0.505. The second kappa shape index (κ2) is 9.75. The second-order valence-corrected chi connectivity index (χ2v) is 4.21. The zero-order valence-corrected chi connectivity index (χ0v) is 11.6. The highest BCUT2D eigenvalue weighted by Gasteiger charge is 2.03. The molecule has 0 spiro atoms. The number of hydrogen-bond donors (Lipinski definition) is 2. The number of aliphatic hydroxyl groups excluding tert-OH is 1. The predicted octanol–water partition coefficient (Wildman–Crippen LogP) is 0.809. The summed E-state index contributed by atoms with van der Waals surface area (Å²) in [5, 5.41) is 12.7. The normalized spacial score (nSPS) is 12.4. The van der Waals surface area contributed by atoms with Crippen LogP contribution in [0.5, 0.6) is 5.75 Å². The number of ether oxygens (including phenoxy) is 3. The molecule has 5 nitrogen and oxygen atoms in total. The van der Waals surface area contributed by atoms with Crippen LogP contribution in [0.25, 0.3) is 0 Å². The number of nitrogens with one attached hydrogen (secondary N) is 1. The number of methoxy groups -OCH3 is 2. The van der Waals surface area contributed by atoms with Gasteiger partial charge in [0.2, 0.25) is 0 Å². The Hall–Kier alpha value is -1.14. The van der Waals surface area contributed by atoms with E-state index in [1.54, 1.807) is 14.2 Å². The fraction of sp³-hybridized carbons (Fsp3) is 0.571. The van der Waals surface area contributed by atoms with Crippen LogP contribution in [-0.2, 0) is 16.1 Å². The minimum atomic E-state index is -0.505. The molecule has 2 N–H and O–H groups in total. The van der Waals surface area contributed by atoms with E-state index in [2.05, 4.69) is 5.32 Å². The Labute approximate surface area is 114 Å². The van der Waals surface area contributed by atoms with Crippen molar-refractivity contribution < 1.29 is 19.3 Å². The molecule has 19 heavy (non-hydrogen) atoms. The van der Waals surface area contributed by atoms with Gasteiger partial charge in [0, 0.05) is 20.2 Å². The molecule has 1 unspecified atom stereocenters. The summed E-state index contributed by atoms with van der Waals surface area (Å²) < 4.78 is 15.4. The van der Waals surface area contributed by atoms with Gasteiger partial charge < -0.3 is 24.6 Å². The molecule has 0 aliphatic rings. The van der Waals surface area contributed by atoms with Gasteiger partial charge in [0.1, 0.15) is 5.75 Å². The monoisotopic (exact) mass is 269 g/mol. The Kier molecular flexibility index (Phi) is 8.16. The molecule has 1 atom stereocenters. The third kappa shape index (κ3) is 7.12. The highest BCUT2D eigenvalue weighted by atomic mass is 16.5. The molecule has 5 heteroatoms. The first-order valence-electron chi connectivity index (χ1n) is 6.34. The average Bonchev–Trinajstić information content (AvgIpc) is 2.44. The smallest absolute Gasteiger partial charge is 0.118 e. The molecule has 1 aromatic rings. The van der Waals surface area contributed by atoms with E-state index in [1.807, 2.05) is 24.3 Å². The quantitative estimate of drug-likeness (QED) is 0.616. The predicted molar refractivity (Wildman–Crippen MR) is 73.4 cm³/mol.